The summed E-state index contributed by atoms with van der Waals surface area (Å²) in [5, 5.41) is 8.95. The zero-order valence-corrected chi connectivity index (χ0v) is 16.3. The molecule has 0 aromatic carbocycles. The molecule has 29 heavy (non-hydrogen) atoms. The average molecular weight is 408 g/mol. The van der Waals surface area contributed by atoms with Crippen molar-refractivity contribution in [3.63, 3.8) is 0 Å². The predicted molar refractivity (Wildman–Crippen MR) is 105 cm³/mol. The largest absolute Gasteiger partial charge is 0.479 e. The lowest BCUT2D eigenvalue weighted by molar-refractivity contribution is -0.114. The molecule has 0 saturated heterocycles. The number of carbonyl (C=O) groups excluding carboxylic acids is 1. The first kappa shape index (κ1) is 21.0. The molecule has 3 rings (SSSR count). The topological polar surface area (TPSA) is 127 Å². The molecule has 1 saturated carbocycles. The van der Waals surface area contributed by atoms with Gasteiger partial charge in [0.15, 0.2) is 5.82 Å². The van der Waals surface area contributed by atoms with Crippen molar-refractivity contribution in [2.24, 2.45) is 17.4 Å². The first-order valence-corrected chi connectivity index (χ1v) is 9.49. The van der Waals surface area contributed by atoms with Gasteiger partial charge < -0.3 is 26.8 Å². The highest BCUT2D eigenvalue weighted by atomic mass is 19.1. The van der Waals surface area contributed by atoms with Gasteiger partial charge in [0.2, 0.25) is 5.88 Å². The molecule has 3 atom stereocenters. The molecule has 0 bridgehead atoms. The number of nitrogens with one attached hydrogen (secondary N) is 3. The van der Waals surface area contributed by atoms with Gasteiger partial charge in [0.05, 0.1) is 24.6 Å². The normalized spacial score (nSPS) is 21.1. The number of amides is 1. The minimum Gasteiger partial charge on any atom is -0.479 e. The molecule has 7 N–H and O–H groups in total. The van der Waals surface area contributed by atoms with E-state index in [0.29, 0.717) is 5.92 Å². The zero-order valence-electron chi connectivity index (χ0n) is 16.3. The van der Waals surface area contributed by atoms with Crippen LogP contribution in [0.1, 0.15) is 26.2 Å². The van der Waals surface area contributed by atoms with E-state index < -0.39 is 23.7 Å². The SMILES string of the molecule is CC[C@H](N)C(NC1NC(Nc2cnc(OC)c(F)c2)=C(C(N)=O)C=C1F)C1CC1. The average Bonchev–Trinajstić information content (AvgIpc) is 3.52. The molecule has 1 fully saturated rings. The maximum atomic E-state index is 14.7. The number of pyridine rings is 1. The number of nitrogens with two attached hydrogens (primary N) is 2. The summed E-state index contributed by atoms with van der Waals surface area (Å²) in [6.45, 7) is 1.98. The molecule has 1 aromatic heterocycles. The van der Waals surface area contributed by atoms with Crippen molar-refractivity contribution in [1.29, 1.82) is 0 Å². The fraction of sp³-hybridized carbons (Fsp3) is 0.474. The molecule has 1 aromatic rings. The lowest BCUT2D eigenvalue weighted by Gasteiger charge is -2.33. The molecule has 2 heterocycles. The van der Waals surface area contributed by atoms with Gasteiger partial charge >= 0.3 is 0 Å². The first-order chi connectivity index (χ1) is 13.8. The number of dihydropyridines is 1. The van der Waals surface area contributed by atoms with Crippen LogP contribution in [-0.2, 0) is 4.79 Å². The molecule has 2 aliphatic rings. The van der Waals surface area contributed by atoms with Crippen LogP contribution in [0, 0.1) is 11.7 Å². The van der Waals surface area contributed by atoms with E-state index in [2.05, 4.69) is 20.9 Å². The van der Waals surface area contributed by atoms with Crippen molar-refractivity contribution >= 4 is 11.6 Å². The number of hydrogen-bond donors (Lipinski definition) is 5. The highest BCUT2D eigenvalue weighted by Crippen LogP contribution is 2.35. The van der Waals surface area contributed by atoms with Crippen molar-refractivity contribution in [1.82, 2.24) is 15.6 Å². The minimum absolute atomic E-state index is 0.0758. The van der Waals surface area contributed by atoms with Gasteiger partial charge in [-0.15, -0.1) is 0 Å². The highest BCUT2D eigenvalue weighted by Gasteiger charge is 2.37. The number of methoxy groups -OCH3 is 1. The first-order valence-electron chi connectivity index (χ1n) is 9.49. The van der Waals surface area contributed by atoms with E-state index in [1.54, 1.807) is 0 Å². The number of ether oxygens (including phenoxy) is 1. The summed E-state index contributed by atoms with van der Waals surface area (Å²) in [4.78, 5) is 15.6. The summed E-state index contributed by atoms with van der Waals surface area (Å²) < 4.78 is 33.4. The quantitative estimate of drug-likeness (QED) is 0.416. The van der Waals surface area contributed by atoms with Crippen molar-refractivity contribution in [2.75, 3.05) is 12.4 Å². The van der Waals surface area contributed by atoms with Crippen molar-refractivity contribution in [2.45, 2.75) is 44.4 Å². The number of primary amides is 1. The Hall–Kier alpha value is -2.72. The van der Waals surface area contributed by atoms with Crippen LogP contribution in [0.4, 0.5) is 14.5 Å². The van der Waals surface area contributed by atoms with Crippen LogP contribution >= 0.6 is 0 Å². The summed E-state index contributed by atoms with van der Waals surface area (Å²) in [6, 6.07) is 0.944. The molecular formula is C19H26F2N6O2. The third-order valence-electron chi connectivity index (χ3n) is 5.07. The van der Waals surface area contributed by atoms with Crippen LogP contribution in [-0.4, -0.2) is 36.3 Å². The smallest absolute Gasteiger partial charge is 0.252 e. The number of nitrogens with zero attached hydrogens (tertiary/aromatic N) is 1. The van der Waals surface area contributed by atoms with Gasteiger partial charge in [0.25, 0.3) is 5.91 Å². The van der Waals surface area contributed by atoms with Gasteiger partial charge in [-0.3, -0.25) is 10.1 Å². The number of anilines is 1. The molecular weight excluding hydrogens is 382 g/mol. The van der Waals surface area contributed by atoms with Crippen molar-refractivity contribution < 1.29 is 18.3 Å². The van der Waals surface area contributed by atoms with Gasteiger partial charge in [-0.2, -0.15) is 0 Å². The van der Waals surface area contributed by atoms with E-state index in [-0.39, 0.29) is 35.0 Å². The second-order valence-electron chi connectivity index (χ2n) is 7.20. The second kappa shape index (κ2) is 8.75. The van der Waals surface area contributed by atoms with E-state index >= 15 is 0 Å². The lowest BCUT2D eigenvalue weighted by atomic mass is 10.0. The van der Waals surface area contributed by atoms with Gasteiger partial charge in [-0.1, -0.05) is 6.92 Å². The number of hydrogen-bond acceptors (Lipinski definition) is 7. The molecule has 1 aliphatic heterocycles. The van der Waals surface area contributed by atoms with E-state index in [1.165, 1.54) is 13.3 Å². The van der Waals surface area contributed by atoms with E-state index in [4.69, 9.17) is 16.2 Å². The Labute approximate surface area is 167 Å². The summed E-state index contributed by atoms with van der Waals surface area (Å²) in [6.07, 6.45) is 4.30. The molecule has 1 aliphatic carbocycles. The van der Waals surface area contributed by atoms with Crippen LogP contribution in [0.3, 0.4) is 0 Å². The van der Waals surface area contributed by atoms with Gasteiger partial charge in [0.1, 0.15) is 17.8 Å². The minimum atomic E-state index is -0.903. The predicted octanol–water partition coefficient (Wildman–Crippen LogP) is 1.23. The Bertz CT molecular complexity index is 840. The maximum Gasteiger partial charge on any atom is 0.252 e. The fourth-order valence-electron chi connectivity index (χ4n) is 3.30. The van der Waals surface area contributed by atoms with Crippen LogP contribution < -0.4 is 32.2 Å². The number of rotatable bonds is 9. The maximum absolute atomic E-state index is 14.7. The monoisotopic (exact) mass is 408 g/mol. The molecule has 0 radical (unpaired) electrons. The van der Waals surface area contributed by atoms with Crippen molar-refractivity contribution in [3.05, 3.63) is 41.4 Å². The number of aromatic nitrogens is 1. The summed E-state index contributed by atoms with van der Waals surface area (Å²) in [5.41, 5.74) is 11.7. The van der Waals surface area contributed by atoms with Crippen LogP contribution in [0.15, 0.2) is 35.6 Å². The standard InChI is InChI=1S/C19H26F2N6O2/c1-3-14(22)15(9-4-5-9)26-18-12(20)7-11(16(23)28)17(27-18)25-10-6-13(21)19(29-2)24-8-10/h6-9,14-15,18,25-27H,3-5,22H2,1-2H3,(H2,23,28)/t14-,15?,18?/m0/s1. The molecule has 1 amide bonds. The van der Waals surface area contributed by atoms with Crippen molar-refractivity contribution in [3.8, 4) is 5.88 Å². The summed E-state index contributed by atoms with van der Waals surface area (Å²) in [5.74, 6) is -1.74. The fourth-order valence-corrected chi connectivity index (χ4v) is 3.30. The molecule has 0 spiro atoms. The Morgan fingerprint density at radius 1 is 1.45 bits per heavy atom. The van der Waals surface area contributed by atoms with Crippen LogP contribution in [0.25, 0.3) is 0 Å². The van der Waals surface area contributed by atoms with Gasteiger partial charge in [-0.25, -0.2) is 13.8 Å². The molecule has 158 valence electrons. The van der Waals surface area contributed by atoms with E-state index in [9.17, 15) is 13.6 Å². The zero-order chi connectivity index (χ0) is 21.1. The van der Waals surface area contributed by atoms with E-state index in [0.717, 1.165) is 31.4 Å². The third-order valence-corrected chi connectivity index (χ3v) is 5.07. The highest BCUT2D eigenvalue weighted by molar-refractivity contribution is 5.96. The Morgan fingerprint density at radius 2 is 2.17 bits per heavy atom. The van der Waals surface area contributed by atoms with Gasteiger partial charge in [-0.05, 0) is 31.3 Å². The van der Waals surface area contributed by atoms with Gasteiger partial charge in [0, 0.05) is 18.2 Å². The Balaban J connectivity index is 1.82. The second-order valence-corrected chi connectivity index (χ2v) is 7.20. The summed E-state index contributed by atoms with van der Waals surface area (Å²) in [7, 11) is 1.30. The Kier molecular flexibility index (Phi) is 6.33. The summed E-state index contributed by atoms with van der Waals surface area (Å²) >= 11 is 0. The molecule has 2 unspecified atom stereocenters. The van der Waals surface area contributed by atoms with E-state index in [1.807, 2.05) is 6.92 Å². The number of halogens is 2. The van der Waals surface area contributed by atoms with Crippen LogP contribution in [0.5, 0.6) is 5.88 Å². The molecule has 8 nitrogen and oxygen atoms in total. The lowest BCUT2D eigenvalue weighted by Crippen LogP contribution is -2.56. The number of carbonyl (C=O) groups is 1. The third kappa shape index (κ3) is 4.83. The van der Waals surface area contributed by atoms with Crippen LogP contribution in [0.2, 0.25) is 0 Å². The Morgan fingerprint density at radius 3 is 2.72 bits per heavy atom. The molecule has 10 heteroatoms.